The number of aryl methyl sites for hydroxylation is 1. The van der Waals surface area contributed by atoms with E-state index in [1.54, 1.807) is 24.5 Å². The van der Waals surface area contributed by atoms with Crippen molar-refractivity contribution < 1.29 is 4.79 Å². The van der Waals surface area contributed by atoms with Gasteiger partial charge >= 0.3 is 0 Å². The van der Waals surface area contributed by atoms with E-state index in [1.165, 1.54) is 0 Å². The van der Waals surface area contributed by atoms with Crippen LogP contribution >= 0.6 is 0 Å². The van der Waals surface area contributed by atoms with Gasteiger partial charge in [-0.2, -0.15) is 0 Å². The van der Waals surface area contributed by atoms with E-state index in [9.17, 15) is 4.79 Å². The third kappa shape index (κ3) is 6.14. The molecule has 2 aromatic carbocycles. The van der Waals surface area contributed by atoms with E-state index in [4.69, 9.17) is 10.7 Å². The summed E-state index contributed by atoms with van der Waals surface area (Å²) in [6, 6.07) is 13.3. The van der Waals surface area contributed by atoms with Crippen LogP contribution in [-0.4, -0.2) is 34.8 Å². The normalized spacial score (nSPS) is 13.9. The highest BCUT2D eigenvalue weighted by Crippen LogP contribution is 2.27. The van der Waals surface area contributed by atoms with Crippen LogP contribution in [0.2, 0.25) is 0 Å². The molecule has 0 aliphatic carbocycles. The Hall–Kier alpha value is -4.20. The molecule has 0 unspecified atom stereocenters. The highest BCUT2D eigenvalue weighted by atomic mass is 16.1. The molecule has 0 radical (unpaired) electrons. The van der Waals surface area contributed by atoms with Crippen LogP contribution in [0.5, 0.6) is 0 Å². The first-order chi connectivity index (χ1) is 17.7. The molecule has 8 nitrogen and oxygen atoms in total. The van der Waals surface area contributed by atoms with E-state index in [-0.39, 0.29) is 17.2 Å². The van der Waals surface area contributed by atoms with E-state index < -0.39 is 0 Å². The van der Waals surface area contributed by atoms with E-state index in [0.717, 1.165) is 42.7 Å². The van der Waals surface area contributed by atoms with Gasteiger partial charge in [-0.1, -0.05) is 45.5 Å². The number of amidine groups is 1. The SMILES string of the molecule is C=CNc1cnc(N2CCCC2)nc1C(N)=Nc1cc(C(=O)Nc2cccc(C(C)(C)C)c2)ccc1C. The van der Waals surface area contributed by atoms with Gasteiger partial charge < -0.3 is 21.3 Å². The molecule has 37 heavy (non-hydrogen) atoms. The van der Waals surface area contributed by atoms with Crippen molar-refractivity contribution in [2.24, 2.45) is 10.7 Å². The predicted molar refractivity (Wildman–Crippen MR) is 152 cm³/mol. The molecule has 4 rings (SSSR count). The molecule has 1 aliphatic rings. The van der Waals surface area contributed by atoms with Crippen LogP contribution in [0, 0.1) is 6.92 Å². The van der Waals surface area contributed by atoms with Crippen LogP contribution in [0.15, 0.2) is 66.4 Å². The largest absolute Gasteiger partial charge is 0.382 e. The Labute approximate surface area is 218 Å². The summed E-state index contributed by atoms with van der Waals surface area (Å²) in [6.07, 6.45) is 5.48. The molecular formula is C29H35N7O. The van der Waals surface area contributed by atoms with Crippen molar-refractivity contribution in [1.29, 1.82) is 0 Å². The zero-order chi connectivity index (χ0) is 26.6. The number of aromatic nitrogens is 2. The summed E-state index contributed by atoms with van der Waals surface area (Å²) in [4.78, 5) is 29.1. The third-order valence-corrected chi connectivity index (χ3v) is 6.36. The Bertz CT molecular complexity index is 1330. The topological polar surface area (TPSA) is 109 Å². The van der Waals surface area contributed by atoms with E-state index >= 15 is 0 Å². The third-order valence-electron chi connectivity index (χ3n) is 6.36. The molecule has 4 N–H and O–H groups in total. The summed E-state index contributed by atoms with van der Waals surface area (Å²) in [5, 5.41) is 6.04. The number of hydrogen-bond acceptors (Lipinski definition) is 6. The van der Waals surface area contributed by atoms with Crippen molar-refractivity contribution in [2.75, 3.05) is 28.6 Å². The number of carbonyl (C=O) groups excluding carboxylic acids is 1. The number of hydrogen-bond donors (Lipinski definition) is 3. The molecule has 0 saturated carbocycles. The molecule has 1 fully saturated rings. The second-order valence-corrected chi connectivity index (χ2v) is 10.3. The van der Waals surface area contributed by atoms with Gasteiger partial charge in [0.25, 0.3) is 5.91 Å². The Kier molecular flexibility index (Phi) is 7.57. The summed E-state index contributed by atoms with van der Waals surface area (Å²) in [6.45, 7) is 13.9. The molecule has 192 valence electrons. The quantitative estimate of drug-likeness (QED) is 0.293. The number of aliphatic imine (C=N–C) groups is 1. The number of rotatable bonds is 7. The lowest BCUT2D eigenvalue weighted by molar-refractivity contribution is 0.102. The van der Waals surface area contributed by atoms with Crippen LogP contribution < -0.4 is 21.3 Å². The van der Waals surface area contributed by atoms with E-state index in [2.05, 4.69) is 58.9 Å². The number of nitrogens with two attached hydrogens (primary N) is 1. The fraction of sp³-hybridized carbons (Fsp3) is 0.310. The van der Waals surface area contributed by atoms with E-state index in [0.29, 0.717) is 28.6 Å². The Morgan fingerprint density at radius 2 is 1.92 bits per heavy atom. The van der Waals surface area contributed by atoms with Gasteiger partial charge in [-0.25, -0.2) is 15.0 Å². The molecule has 1 aliphatic heterocycles. The van der Waals surface area contributed by atoms with E-state index in [1.807, 2.05) is 31.2 Å². The highest BCUT2D eigenvalue weighted by molar-refractivity contribution is 6.06. The zero-order valence-electron chi connectivity index (χ0n) is 22.0. The second-order valence-electron chi connectivity index (χ2n) is 10.3. The average molecular weight is 498 g/mol. The minimum absolute atomic E-state index is 0.0149. The number of carbonyl (C=O) groups is 1. The number of amides is 1. The highest BCUT2D eigenvalue weighted by Gasteiger charge is 2.19. The first-order valence-electron chi connectivity index (χ1n) is 12.5. The molecule has 0 spiro atoms. The molecule has 3 aromatic rings. The minimum Gasteiger partial charge on any atom is -0.382 e. The Morgan fingerprint density at radius 1 is 1.16 bits per heavy atom. The molecular weight excluding hydrogens is 462 g/mol. The molecule has 8 heteroatoms. The van der Waals surface area contributed by atoms with Crippen molar-refractivity contribution in [3.63, 3.8) is 0 Å². The van der Waals surface area contributed by atoms with Gasteiger partial charge in [0.05, 0.1) is 17.6 Å². The first kappa shape index (κ1) is 25.9. The standard InChI is InChI=1S/C29H35N7O/c1-6-31-24-18-32-28(36-14-7-8-15-36)35-25(24)26(30)34-23-16-20(13-12-19(23)2)27(37)33-22-11-9-10-21(17-22)29(3,4)5/h6,9-13,16-18,31H,1,7-8,14-15H2,2-5H3,(H2,30,34)(H,33,37). The first-order valence-corrected chi connectivity index (χ1v) is 12.5. The van der Waals surface area contributed by atoms with Crippen LogP contribution in [0.3, 0.4) is 0 Å². The van der Waals surface area contributed by atoms with Gasteiger partial charge in [0.1, 0.15) is 5.69 Å². The van der Waals surface area contributed by atoms with Gasteiger partial charge in [0.2, 0.25) is 5.95 Å². The summed E-state index contributed by atoms with van der Waals surface area (Å²) in [7, 11) is 0. The lowest BCUT2D eigenvalue weighted by atomic mass is 9.87. The average Bonchev–Trinajstić information content (AvgIpc) is 3.40. The van der Waals surface area contributed by atoms with Crippen molar-refractivity contribution in [3.05, 3.63) is 83.8 Å². The zero-order valence-corrected chi connectivity index (χ0v) is 22.0. The lowest BCUT2D eigenvalue weighted by Crippen LogP contribution is -2.24. The maximum absolute atomic E-state index is 13.1. The maximum atomic E-state index is 13.1. The second kappa shape index (κ2) is 10.8. The summed E-state index contributed by atoms with van der Waals surface area (Å²) in [5.41, 5.74) is 11.4. The van der Waals surface area contributed by atoms with Crippen LogP contribution in [0.1, 0.15) is 60.8 Å². The van der Waals surface area contributed by atoms with Gasteiger partial charge in [-0.05, 0) is 66.8 Å². The van der Waals surface area contributed by atoms with Crippen LogP contribution in [0.4, 0.5) is 23.0 Å². The van der Waals surface area contributed by atoms with Gasteiger partial charge in [-0.3, -0.25) is 4.79 Å². The molecule has 1 aromatic heterocycles. The number of nitrogens with zero attached hydrogens (tertiary/aromatic N) is 4. The van der Waals surface area contributed by atoms with Crippen molar-refractivity contribution in [3.8, 4) is 0 Å². The number of anilines is 3. The van der Waals surface area contributed by atoms with Crippen molar-refractivity contribution in [2.45, 2.75) is 46.0 Å². The molecule has 1 saturated heterocycles. The number of nitrogens with one attached hydrogen (secondary N) is 2. The van der Waals surface area contributed by atoms with Crippen molar-refractivity contribution >= 4 is 34.8 Å². The molecule has 0 atom stereocenters. The molecule has 0 bridgehead atoms. The maximum Gasteiger partial charge on any atom is 0.255 e. The fourth-order valence-corrected chi connectivity index (χ4v) is 4.17. The Balaban J connectivity index is 1.62. The van der Waals surface area contributed by atoms with Crippen molar-refractivity contribution in [1.82, 2.24) is 9.97 Å². The monoisotopic (exact) mass is 497 g/mol. The minimum atomic E-state index is -0.214. The van der Waals surface area contributed by atoms with Crippen LogP contribution in [-0.2, 0) is 5.41 Å². The summed E-state index contributed by atoms with van der Waals surface area (Å²) >= 11 is 0. The lowest BCUT2D eigenvalue weighted by Gasteiger charge is -2.20. The van der Waals surface area contributed by atoms with Gasteiger partial charge in [0, 0.05) is 24.3 Å². The summed E-state index contributed by atoms with van der Waals surface area (Å²) < 4.78 is 0. The molecule has 2 heterocycles. The fourth-order valence-electron chi connectivity index (χ4n) is 4.17. The van der Waals surface area contributed by atoms with Gasteiger partial charge in [-0.15, -0.1) is 0 Å². The Morgan fingerprint density at radius 3 is 2.62 bits per heavy atom. The summed E-state index contributed by atoms with van der Waals surface area (Å²) in [5.74, 6) is 0.641. The smallest absolute Gasteiger partial charge is 0.255 e. The van der Waals surface area contributed by atoms with Crippen LogP contribution in [0.25, 0.3) is 0 Å². The predicted octanol–water partition coefficient (Wildman–Crippen LogP) is 5.53. The van der Waals surface area contributed by atoms with Gasteiger partial charge in [0.15, 0.2) is 5.84 Å². The number of benzene rings is 2. The molecule has 1 amide bonds.